The molecule has 0 bridgehead atoms. The van der Waals surface area contributed by atoms with Crippen molar-refractivity contribution in [1.29, 1.82) is 0 Å². The lowest BCUT2D eigenvalue weighted by molar-refractivity contribution is -0.113. The van der Waals surface area contributed by atoms with Crippen molar-refractivity contribution in [3.63, 3.8) is 0 Å². The van der Waals surface area contributed by atoms with E-state index in [1.54, 1.807) is 37.5 Å². The number of hydrogen-bond acceptors (Lipinski definition) is 4. The quantitative estimate of drug-likeness (QED) is 0.631. The molecule has 136 valence electrons. The number of ether oxygens (including phenoxy) is 2. The van der Waals surface area contributed by atoms with Crippen LogP contribution in [0.1, 0.15) is 5.56 Å². The van der Waals surface area contributed by atoms with Gasteiger partial charge in [0.15, 0.2) is 0 Å². The molecule has 2 aromatic carbocycles. The van der Waals surface area contributed by atoms with Crippen molar-refractivity contribution in [2.75, 3.05) is 26.2 Å². The Labute approximate surface area is 163 Å². The molecule has 0 saturated carbocycles. The molecule has 0 aliphatic heterocycles. The Balaban J connectivity index is 1.71. The minimum atomic E-state index is -0.259. The third kappa shape index (κ3) is 4.49. The van der Waals surface area contributed by atoms with Gasteiger partial charge in [-0.25, -0.2) is 0 Å². The van der Waals surface area contributed by atoms with Crippen LogP contribution in [0.5, 0.6) is 11.5 Å². The lowest BCUT2D eigenvalue weighted by Gasteiger charge is -2.11. The Hall–Kier alpha value is -3.23. The number of rotatable bonds is 4. The average Bonchev–Trinajstić information content (AvgIpc) is 3.22. The van der Waals surface area contributed by atoms with E-state index in [9.17, 15) is 4.79 Å². The van der Waals surface area contributed by atoms with Gasteiger partial charge < -0.3 is 14.4 Å². The van der Waals surface area contributed by atoms with E-state index >= 15 is 0 Å². The zero-order valence-electron chi connectivity index (χ0n) is 15.4. The van der Waals surface area contributed by atoms with Gasteiger partial charge in [0.2, 0.25) is 0 Å². The minimum absolute atomic E-state index is 0.259. The summed E-state index contributed by atoms with van der Waals surface area (Å²) >= 11 is 1.58. The second kappa shape index (κ2) is 8.43. The third-order valence-electron chi connectivity index (χ3n) is 4.06. The van der Waals surface area contributed by atoms with E-state index in [0.717, 1.165) is 33.2 Å². The van der Waals surface area contributed by atoms with Gasteiger partial charge >= 0.3 is 5.91 Å². The molecule has 0 aliphatic carbocycles. The number of carbonyl (C=O) groups excluding carboxylic acids is 1. The molecule has 0 radical (unpaired) electrons. The predicted molar refractivity (Wildman–Crippen MR) is 110 cm³/mol. The van der Waals surface area contributed by atoms with Crippen molar-refractivity contribution < 1.29 is 14.3 Å². The molecule has 1 aromatic heterocycles. The Kier molecular flexibility index (Phi) is 5.80. The van der Waals surface area contributed by atoms with Crippen LogP contribution in [0.2, 0.25) is 0 Å². The first kappa shape index (κ1) is 18.6. The number of hydrogen-bond donors (Lipinski definition) is 0. The standard InChI is InChI=1S/C22H19NO3S/c1-23(22(24)13-6-16-4-9-19(25-2)10-5-16)18-14-21(27-15-18)17-7-11-20(26-3)12-8-17/h4-5,7-12,14-15H,1-3H3. The molecule has 0 spiro atoms. The van der Waals surface area contributed by atoms with Crippen LogP contribution in [0.3, 0.4) is 0 Å². The summed E-state index contributed by atoms with van der Waals surface area (Å²) in [6.45, 7) is 0. The molecule has 0 aliphatic rings. The summed E-state index contributed by atoms with van der Waals surface area (Å²) < 4.78 is 10.3. The van der Waals surface area contributed by atoms with E-state index in [1.165, 1.54) is 0 Å². The van der Waals surface area contributed by atoms with E-state index < -0.39 is 0 Å². The number of nitrogens with zero attached hydrogens (tertiary/aromatic N) is 1. The van der Waals surface area contributed by atoms with Crippen LogP contribution in [-0.4, -0.2) is 27.2 Å². The Morgan fingerprint density at radius 1 is 0.963 bits per heavy atom. The van der Waals surface area contributed by atoms with Gasteiger partial charge in [-0.05, 0) is 60.2 Å². The lowest BCUT2D eigenvalue weighted by atomic mass is 10.2. The van der Waals surface area contributed by atoms with Crippen molar-refractivity contribution in [1.82, 2.24) is 0 Å². The van der Waals surface area contributed by atoms with Gasteiger partial charge in [0.25, 0.3) is 0 Å². The largest absolute Gasteiger partial charge is 0.497 e. The van der Waals surface area contributed by atoms with E-state index in [-0.39, 0.29) is 5.91 Å². The summed E-state index contributed by atoms with van der Waals surface area (Å²) in [5.41, 5.74) is 2.67. The van der Waals surface area contributed by atoms with Gasteiger partial charge in [-0.3, -0.25) is 4.79 Å². The molecule has 3 aromatic rings. The Bertz CT molecular complexity index is 979. The molecule has 0 N–H and O–H groups in total. The Morgan fingerprint density at radius 2 is 1.56 bits per heavy atom. The van der Waals surface area contributed by atoms with Crippen LogP contribution >= 0.6 is 11.3 Å². The molecular weight excluding hydrogens is 358 g/mol. The average molecular weight is 377 g/mol. The van der Waals surface area contributed by atoms with Crippen LogP contribution in [0.15, 0.2) is 60.0 Å². The number of anilines is 1. The molecule has 3 rings (SSSR count). The smallest absolute Gasteiger partial charge is 0.303 e. The molecule has 0 fully saturated rings. The molecular formula is C22H19NO3S. The number of carbonyl (C=O) groups is 1. The van der Waals surface area contributed by atoms with Crippen molar-refractivity contribution in [3.05, 3.63) is 65.5 Å². The molecule has 4 nitrogen and oxygen atoms in total. The molecule has 1 heterocycles. The lowest BCUT2D eigenvalue weighted by Crippen LogP contribution is -2.23. The SMILES string of the molecule is COc1ccc(C#CC(=O)N(C)c2csc(-c3ccc(OC)cc3)c2)cc1. The Morgan fingerprint density at radius 3 is 2.15 bits per heavy atom. The van der Waals surface area contributed by atoms with Crippen LogP contribution in [-0.2, 0) is 4.79 Å². The summed E-state index contributed by atoms with van der Waals surface area (Å²) in [7, 11) is 4.98. The first-order valence-electron chi connectivity index (χ1n) is 8.27. The monoisotopic (exact) mass is 377 g/mol. The summed E-state index contributed by atoms with van der Waals surface area (Å²) in [4.78, 5) is 15.0. The first-order chi connectivity index (χ1) is 13.1. The van der Waals surface area contributed by atoms with Gasteiger partial charge in [0.1, 0.15) is 11.5 Å². The number of thiophene rings is 1. The van der Waals surface area contributed by atoms with E-state index in [2.05, 4.69) is 11.8 Å². The topological polar surface area (TPSA) is 38.8 Å². The highest BCUT2D eigenvalue weighted by Crippen LogP contribution is 2.32. The maximum atomic E-state index is 12.4. The second-order valence-corrected chi connectivity index (χ2v) is 6.65. The maximum absolute atomic E-state index is 12.4. The highest BCUT2D eigenvalue weighted by Gasteiger charge is 2.11. The fourth-order valence-electron chi connectivity index (χ4n) is 2.41. The fraction of sp³-hybridized carbons (Fsp3) is 0.136. The van der Waals surface area contributed by atoms with Crippen LogP contribution in [0.4, 0.5) is 5.69 Å². The van der Waals surface area contributed by atoms with Gasteiger partial charge in [-0.2, -0.15) is 0 Å². The van der Waals surface area contributed by atoms with Crippen molar-refractivity contribution in [2.24, 2.45) is 0 Å². The van der Waals surface area contributed by atoms with Crippen LogP contribution < -0.4 is 14.4 Å². The number of methoxy groups -OCH3 is 2. The normalized spacial score (nSPS) is 9.89. The van der Waals surface area contributed by atoms with E-state index in [0.29, 0.717) is 0 Å². The summed E-state index contributed by atoms with van der Waals surface area (Å²) in [6, 6.07) is 17.1. The number of benzene rings is 2. The van der Waals surface area contributed by atoms with Crippen LogP contribution in [0.25, 0.3) is 10.4 Å². The highest BCUT2D eigenvalue weighted by atomic mass is 32.1. The molecule has 0 atom stereocenters. The van der Waals surface area contributed by atoms with E-state index in [4.69, 9.17) is 9.47 Å². The summed E-state index contributed by atoms with van der Waals surface area (Å²) in [5.74, 6) is 6.89. The van der Waals surface area contributed by atoms with Gasteiger partial charge in [-0.1, -0.05) is 5.92 Å². The molecule has 0 unspecified atom stereocenters. The molecule has 27 heavy (non-hydrogen) atoms. The summed E-state index contributed by atoms with van der Waals surface area (Å²) in [6.07, 6.45) is 0. The van der Waals surface area contributed by atoms with E-state index in [1.807, 2.05) is 60.0 Å². The maximum Gasteiger partial charge on any atom is 0.303 e. The molecule has 0 saturated heterocycles. The highest BCUT2D eigenvalue weighted by molar-refractivity contribution is 7.14. The summed E-state index contributed by atoms with van der Waals surface area (Å²) in [5, 5.41) is 1.95. The minimum Gasteiger partial charge on any atom is -0.497 e. The first-order valence-corrected chi connectivity index (χ1v) is 9.15. The van der Waals surface area contributed by atoms with Crippen molar-refractivity contribution in [3.8, 4) is 33.8 Å². The van der Waals surface area contributed by atoms with Gasteiger partial charge in [0.05, 0.1) is 19.9 Å². The fourth-order valence-corrected chi connectivity index (χ4v) is 3.34. The number of amides is 1. The second-order valence-electron chi connectivity index (χ2n) is 5.74. The molecule has 1 amide bonds. The van der Waals surface area contributed by atoms with Crippen molar-refractivity contribution >= 4 is 22.9 Å². The predicted octanol–water partition coefficient (Wildman–Crippen LogP) is 4.45. The van der Waals surface area contributed by atoms with Crippen molar-refractivity contribution in [2.45, 2.75) is 0 Å². The zero-order valence-corrected chi connectivity index (χ0v) is 16.2. The third-order valence-corrected chi connectivity index (χ3v) is 5.02. The van der Waals surface area contributed by atoms with Gasteiger partial charge in [0, 0.05) is 28.8 Å². The van der Waals surface area contributed by atoms with Crippen LogP contribution in [0, 0.1) is 11.8 Å². The molecule has 5 heteroatoms. The zero-order chi connectivity index (χ0) is 19.2. The van der Waals surface area contributed by atoms with Gasteiger partial charge in [-0.15, -0.1) is 11.3 Å².